The Bertz CT molecular complexity index is 494. The van der Waals surface area contributed by atoms with E-state index in [4.69, 9.17) is 22.1 Å². The summed E-state index contributed by atoms with van der Waals surface area (Å²) < 4.78 is 5.05. The van der Waals surface area contributed by atoms with E-state index in [1.54, 1.807) is 0 Å². The maximum Gasteiger partial charge on any atom is 0.322 e. The summed E-state index contributed by atoms with van der Waals surface area (Å²) in [6.45, 7) is 4.01. The number of anilines is 1. The monoisotopic (exact) mass is 312 g/mol. The van der Waals surface area contributed by atoms with Crippen LogP contribution in [-0.2, 0) is 0 Å². The first-order chi connectivity index (χ1) is 10.2. The molecule has 2 N–H and O–H groups in total. The van der Waals surface area contributed by atoms with Crippen molar-refractivity contribution in [3.63, 3.8) is 0 Å². The highest BCUT2D eigenvalue weighted by molar-refractivity contribution is 6.28. The van der Waals surface area contributed by atoms with Gasteiger partial charge >= 0.3 is 6.01 Å². The molecule has 1 aromatic heterocycles. The van der Waals surface area contributed by atoms with Gasteiger partial charge in [0.05, 0.1) is 7.11 Å². The Morgan fingerprint density at radius 3 is 2.62 bits per heavy atom. The minimum atomic E-state index is 0.171. The molecule has 2 aliphatic rings. The minimum absolute atomic E-state index is 0.171. The van der Waals surface area contributed by atoms with Crippen molar-refractivity contribution in [2.24, 2.45) is 5.73 Å². The van der Waals surface area contributed by atoms with Crippen LogP contribution in [0.2, 0.25) is 5.28 Å². The number of hydrogen-bond acceptors (Lipinski definition) is 7. The van der Waals surface area contributed by atoms with Gasteiger partial charge in [0.1, 0.15) is 0 Å². The fourth-order valence-corrected chi connectivity index (χ4v) is 3.21. The summed E-state index contributed by atoms with van der Waals surface area (Å²) in [5, 5.41) is 0.171. The zero-order chi connectivity index (χ0) is 14.8. The van der Waals surface area contributed by atoms with Crippen molar-refractivity contribution >= 4 is 17.5 Å². The Labute approximate surface area is 129 Å². The second kappa shape index (κ2) is 6.29. The molecule has 3 rings (SSSR count). The summed E-state index contributed by atoms with van der Waals surface area (Å²) >= 11 is 5.92. The van der Waals surface area contributed by atoms with Crippen LogP contribution >= 0.6 is 11.6 Å². The lowest BCUT2D eigenvalue weighted by molar-refractivity contribution is 0.163. The number of rotatable bonds is 3. The molecular weight excluding hydrogens is 292 g/mol. The summed E-state index contributed by atoms with van der Waals surface area (Å²) in [4.78, 5) is 17.1. The summed E-state index contributed by atoms with van der Waals surface area (Å²) in [6, 6.07) is 1.17. The van der Waals surface area contributed by atoms with Gasteiger partial charge in [-0.15, -0.1) is 0 Å². The second-order valence-electron chi connectivity index (χ2n) is 5.65. The van der Waals surface area contributed by atoms with Crippen LogP contribution in [0.5, 0.6) is 6.01 Å². The van der Waals surface area contributed by atoms with E-state index in [0.29, 0.717) is 18.0 Å². The molecule has 21 heavy (non-hydrogen) atoms. The van der Waals surface area contributed by atoms with Crippen molar-refractivity contribution in [3.8, 4) is 6.01 Å². The first-order valence-electron chi connectivity index (χ1n) is 7.36. The van der Waals surface area contributed by atoms with E-state index >= 15 is 0 Å². The van der Waals surface area contributed by atoms with Crippen LogP contribution in [0.15, 0.2) is 0 Å². The molecule has 8 heteroatoms. The zero-order valence-corrected chi connectivity index (χ0v) is 13.0. The van der Waals surface area contributed by atoms with Crippen LogP contribution in [0.4, 0.5) is 5.95 Å². The summed E-state index contributed by atoms with van der Waals surface area (Å²) in [7, 11) is 1.53. The zero-order valence-electron chi connectivity index (χ0n) is 12.2. The maximum atomic E-state index is 5.97. The Kier molecular flexibility index (Phi) is 4.42. The van der Waals surface area contributed by atoms with Gasteiger partial charge in [0.2, 0.25) is 11.2 Å². The van der Waals surface area contributed by atoms with E-state index in [-0.39, 0.29) is 11.3 Å². The van der Waals surface area contributed by atoms with Crippen molar-refractivity contribution in [2.75, 3.05) is 38.2 Å². The Morgan fingerprint density at radius 1 is 1.14 bits per heavy atom. The van der Waals surface area contributed by atoms with Crippen molar-refractivity contribution in [3.05, 3.63) is 5.28 Å². The van der Waals surface area contributed by atoms with Crippen LogP contribution in [0, 0.1) is 0 Å². The number of nitrogens with two attached hydrogens (primary N) is 1. The van der Waals surface area contributed by atoms with Gasteiger partial charge in [-0.1, -0.05) is 0 Å². The highest BCUT2D eigenvalue weighted by atomic mass is 35.5. The van der Waals surface area contributed by atoms with Crippen LogP contribution in [-0.4, -0.2) is 65.2 Å². The van der Waals surface area contributed by atoms with Crippen LogP contribution in [0.25, 0.3) is 0 Å². The number of piperidine rings is 1. The second-order valence-corrected chi connectivity index (χ2v) is 5.99. The Balaban J connectivity index is 1.65. The van der Waals surface area contributed by atoms with Gasteiger partial charge in [-0.3, -0.25) is 4.90 Å². The molecule has 3 heterocycles. The minimum Gasteiger partial charge on any atom is -0.467 e. The standard InChI is InChI=1S/C13H21ClN6O/c1-21-13-17-11(14)16-12(18-13)20-7-4-10(8-20)19-5-2-9(15)3-6-19/h9-10H,2-8,15H2,1H3. The Hall–Kier alpha value is -1.18. The predicted octanol–water partition coefficient (Wildman–Crippen LogP) is 0.535. The number of hydrogen-bond donors (Lipinski definition) is 1. The number of methoxy groups -OCH3 is 1. The van der Waals surface area contributed by atoms with Crippen molar-refractivity contribution in [2.45, 2.75) is 31.3 Å². The van der Waals surface area contributed by atoms with Gasteiger partial charge in [-0.05, 0) is 44.0 Å². The predicted molar refractivity (Wildman–Crippen MR) is 80.8 cm³/mol. The molecule has 0 radical (unpaired) electrons. The third-order valence-electron chi connectivity index (χ3n) is 4.30. The number of ether oxygens (including phenoxy) is 1. The van der Waals surface area contributed by atoms with E-state index in [1.165, 1.54) is 7.11 Å². The van der Waals surface area contributed by atoms with Crippen LogP contribution in [0.3, 0.4) is 0 Å². The average molecular weight is 313 g/mol. The SMILES string of the molecule is COc1nc(Cl)nc(N2CCC(N3CCC(N)CC3)C2)n1. The van der Waals surface area contributed by atoms with E-state index in [9.17, 15) is 0 Å². The normalized spacial score (nSPS) is 24.5. The van der Waals surface area contributed by atoms with Crippen LogP contribution < -0.4 is 15.4 Å². The molecule has 2 fully saturated rings. The molecule has 2 saturated heterocycles. The molecule has 0 saturated carbocycles. The third-order valence-corrected chi connectivity index (χ3v) is 4.46. The lowest BCUT2D eigenvalue weighted by atomic mass is 10.0. The number of likely N-dealkylation sites (tertiary alicyclic amines) is 1. The van der Waals surface area contributed by atoms with E-state index in [1.807, 2.05) is 0 Å². The smallest absolute Gasteiger partial charge is 0.322 e. The van der Waals surface area contributed by atoms with Crippen molar-refractivity contribution in [1.29, 1.82) is 0 Å². The summed E-state index contributed by atoms with van der Waals surface area (Å²) in [6.07, 6.45) is 3.28. The molecule has 0 aromatic carbocycles. The Morgan fingerprint density at radius 2 is 1.90 bits per heavy atom. The van der Waals surface area contributed by atoms with Crippen molar-refractivity contribution < 1.29 is 4.74 Å². The average Bonchev–Trinajstić information content (AvgIpc) is 2.97. The first kappa shape index (κ1) is 14.7. The van der Waals surface area contributed by atoms with Gasteiger partial charge < -0.3 is 15.4 Å². The van der Waals surface area contributed by atoms with Gasteiger partial charge in [0.15, 0.2) is 0 Å². The molecule has 0 aliphatic carbocycles. The van der Waals surface area contributed by atoms with Gasteiger partial charge in [0.25, 0.3) is 0 Å². The van der Waals surface area contributed by atoms with E-state index in [0.717, 1.165) is 45.4 Å². The fraction of sp³-hybridized carbons (Fsp3) is 0.769. The van der Waals surface area contributed by atoms with Crippen LogP contribution in [0.1, 0.15) is 19.3 Å². The summed E-state index contributed by atoms with van der Waals surface area (Å²) in [5.41, 5.74) is 5.97. The summed E-state index contributed by atoms with van der Waals surface area (Å²) in [5.74, 6) is 0.600. The number of halogens is 1. The van der Waals surface area contributed by atoms with Crippen molar-refractivity contribution in [1.82, 2.24) is 19.9 Å². The molecule has 1 aromatic rings. The molecule has 7 nitrogen and oxygen atoms in total. The number of nitrogens with zero attached hydrogens (tertiary/aromatic N) is 5. The van der Waals surface area contributed by atoms with Gasteiger partial charge in [-0.25, -0.2) is 0 Å². The molecule has 116 valence electrons. The highest BCUT2D eigenvalue weighted by Crippen LogP contribution is 2.24. The van der Waals surface area contributed by atoms with E-state index in [2.05, 4.69) is 24.8 Å². The molecule has 0 spiro atoms. The van der Waals surface area contributed by atoms with Gasteiger partial charge in [-0.2, -0.15) is 15.0 Å². The topological polar surface area (TPSA) is 80.4 Å². The highest BCUT2D eigenvalue weighted by Gasteiger charge is 2.31. The fourth-order valence-electron chi connectivity index (χ4n) is 3.06. The number of aromatic nitrogens is 3. The molecule has 0 bridgehead atoms. The third kappa shape index (κ3) is 3.36. The molecule has 1 unspecified atom stereocenters. The van der Waals surface area contributed by atoms with E-state index < -0.39 is 0 Å². The quantitative estimate of drug-likeness (QED) is 0.872. The first-order valence-corrected chi connectivity index (χ1v) is 7.73. The molecule has 2 aliphatic heterocycles. The molecule has 0 amide bonds. The lowest BCUT2D eigenvalue weighted by Gasteiger charge is -2.34. The maximum absolute atomic E-state index is 5.97. The largest absolute Gasteiger partial charge is 0.467 e. The molecular formula is C13H21ClN6O. The lowest BCUT2D eigenvalue weighted by Crippen LogP contribution is -2.46. The molecule has 1 atom stereocenters. The van der Waals surface area contributed by atoms with Gasteiger partial charge in [0, 0.05) is 25.2 Å².